The summed E-state index contributed by atoms with van der Waals surface area (Å²) in [5.74, 6) is -2.67. The molecule has 1 aromatic carbocycles. The smallest absolute Gasteiger partial charge is 0.183 e. The molecule has 0 heterocycles. The molecule has 5 heteroatoms. The highest BCUT2D eigenvalue weighted by molar-refractivity contribution is 6.02. The van der Waals surface area contributed by atoms with E-state index in [4.69, 9.17) is 10.5 Å². The van der Waals surface area contributed by atoms with Crippen LogP contribution in [0.3, 0.4) is 0 Å². The lowest BCUT2D eigenvalue weighted by molar-refractivity contribution is 0.0964. The van der Waals surface area contributed by atoms with E-state index in [9.17, 15) is 13.6 Å². The highest BCUT2D eigenvalue weighted by Gasteiger charge is 2.19. The number of benzene rings is 1. The van der Waals surface area contributed by atoms with Crippen molar-refractivity contribution in [3.05, 3.63) is 29.3 Å². The van der Waals surface area contributed by atoms with Crippen LogP contribution in [0.15, 0.2) is 12.1 Å². The third kappa shape index (κ3) is 2.30. The monoisotopic (exact) mass is 215 g/mol. The molecule has 0 saturated heterocycles. The van der Waals surface area contributed by atoms with Gasteiger partial charge in [-0.05, 0) is 13.0 Å². The van der Waals surface area contributed by atoms with Gasteiger partial charge in [-0.3, -0.25) is 4.79 Å². The predicted molar refractivity (Wildman–Crippen MR) is 50.9 cm³/mol. The third-order valence-corrected chi connectivity index (χ3v) is 1.92. The van der Waals surface area contributed by atoms with E-state index in [1.807, 2.05) is 0 Å². The van der Waals surface area contributed by atoms with Crippen LogP contribution >= 0.6 is 0 Å². The van der Waals surface area contributed by atoms with Gasteiger partial charge in [0, 0.05) is 6.07 Å². The second-order valence-electron chi connectivity index (χ2n) is 3.12. The van der Waals surface area contributed by atoms with Crippen LogP contribution < -0.4 is 10.5 Å². The molecule has 0 bridgehead atoms. The lowest BCUT2D eigenvalue weighted by Gasteiger charge is -2.10. The zero-order valence-electron chi connectivity index (χ0n) is 8.38. The van der Waals surface area contributed by atoms with Crippen LogP contribution in [0.2, 0.25) is 0 Å². The summed E-state index contributed by atoms with van der Waals surface area (Å²) in [4.78, 5) is 11.5. The summed E-state index contributed by atoms with van der Waals surface area (Å²) in [5, 5.41) is 0. The zero-order valence-corrected chi connectivity index (χ0v) is 8.38. The predicted octanol–water partition coefficient (Wildman–Crippen LogP) is 1.50. The van der Waals surface area contributed by atoms with Crippen molar-refractivity contribution in [1.29, 1.82) is 0 Å². The van der Waals surface area contributed by atoms with E-state index in [-0.39, 0.29) is 11.3 Å². The van der Waals surface area contributed by atoms with Gasteiger partial charge in [0.25, 0.3) is 0 Å². The number of ketones is 1. The first-order valence-corrected chi connectivity index (χ1v) is 4.30. The fourth-order valence-corrected chi connectivity index (χ4v) is 1.14. The molecule has 82 valence electrons. The van der Waals surface area contributed by atoms with E-state index in [0.29, 0.717) is 0 Å². The first kappa shape index (κ1) is 11.6. The van der Waals surface area contributed by atoms with Crippen LogP contribution in [0, 0.1) is 11.6 Å². The summed E-state index contributed by atoms with van der Waals surface area (Å²) in [6.45, 7) is 1.46. The molecule has 0 aromatic heterocycles. The number of ether oxygens (including phenoxy) is 1. The van der Waals surface area contributed by atoms with Gasteiger partial charge in [0.1, 0.15) is 5.75 Å². The van der Waals surface area contributed by atoms with Crippen molar-refractivity contribution in [3.8, 4) is 5.75 Å². The SMILES string of the molecule is COc1cc(F)c(F)cc1C(=O)C(C)N. The van der Waals surface area contributed by atoms with Crippen molar-refractivity contribution < 1.29 is 18.3 Å². The zero-order chi connectivity index (χ0) is 11.6. The Hall–Kier alpha value is -1.49. The molecule has 0 aliphatic carbocycles. The van der Waals surface area contributed by atoms with Crippen LogP contribution in [0.4, 0.5) is 8.78 Å². The molecule has 2 N–H and O–H groups in total. The van der Waals surface area contributed by atoms with Gasteiger partial charge in [0.05, 0.1) is 18.7 Å². The highest BCUT2D eigenvalue weighted by Crippen LogP contribution is 2.23. The van der Waals surface area contributed by atoms with E-state index >= 15 is 0 Å². The second-order valence-corrected chi connectivity index (χ2v) is 3.12. The maximum Gasteiger partial charge on any atom is 0.183 e. The van der Waals surface area contributed by atoms with Crippen LogP contribution in [0.1, 0.15) is 17.3 Å². The molecule has 0 aliphatic heterocycles. The van der Waals surface area contributed by atoms with E-state index in [2.05, 4.69) is 0 Å². The van der Waals surface area contributed by atoms with Gasteiger partial charge >= 0.3 is 0 Å². The van der Waals surface area contributed by atoms with E-state index < -0.39 is 23.5 Å². The number of Topliss-reactive ketones (excluding diaryl/α,β-unsaturated/α-hetero) is 1. The van der Waals surface area contributed by atoms with Crippen LogP contribution in [0.25, 0.3) is 0 Å². The quantitative estimate of drug-likeness (QED) is 0.777. The Bertz CT molecular complexity index is 391. The molecule has 1 unspecified atom stereocenters. The molecule has 15 heavy (non-hydrogen) atoms. The molecule has 0 aliphatic rings. The number of hydrogen-bond donors (Lipinski definition) is 1. The molecular formula is C10H11F2NO2. The summed E-state index contributed by atoms with van der Waals surface area (Å²) < 4.78 is 30.5. The van der Waals surface area contributed by atoms with Crippen molar-refractivity contribution >= 4 is 5.78 Å². The van der Waals surface area contributed by atoms with Crippen LogP contribution in [0.5, 0.6) is 5.75 Å². The fourth-order valence-electron chi connectivity index (χ4n) is 1.14. The first-order chi connectivity index (χ1) is 6.97. The molecule has 0 saturated carbocycles. The molecule has 0 radical (unpaired) electrons. The van der Waals surface area contributed by atoms with Gasteiger partial charge in [0.15, 0.2) is 17.4 Å². The largest absolute Gasteiger partial charge is 0.496 e. The number of halogens is 2. The van der Waals surface area contributed by atoms with Crippen LogP contribution in [-0.4, -0.2) is 18.9 Å². The second kappa shape index (κ2) is 4.35. The Balaban J connectivity index is 3.27. The molecule has 0 fully saturated rings. The Labute approximate surface area is 85.8 Å². The molecule has 1 atom stereocenters. The average Bonchev–Trinajstić information content (AvgIpc) is 2.20. The molecule has 0 amide bonds. The van der Waals surface area contributed by atoms with Gasteiger partial charge in [-0.25, -0.2) is 8.78 Å². The minimum Gasteiger partial charge on any atom is -0.496 e. The van der Waals surface area contributed by atoms with Gasteiger partial charge in [-0.1, -0.05) is 0 Å². The fraction of sp³-hybridized carbons (Fsp3) is 0.300. The van der Waals surface area contributed by atoms with Gasteiger partial charge in [-0.15, -0.1) is 0 Å². The number of methoxy groups -OCH3 is 1. The van der Waals surface area contributed by atoms with Crippen molar-refractivity contribution in [2.24, 2.45) is 5.73 Å². The minimum atomic E-state index is -1.10. The van der Waals surface area contributed by atoms with E-state index in [1.54, 1.807) is 0 Å². The number of hydrogen-bond acceptors (Lipinski definition) is 3. The number of nitrogens with two attached hydrogens (primary N) is 1. The Kier molecular flexibility index (Phi) is 3.36. The van der Waals surface area contributed by atoms with Crippen molar-refractivity contribution in [1.82, 2.24) is 0 Å². The van der Waals surface area contributed by atoms with E-state index in [0.717, 1.165) is 12.1 Å². The Morgan fingerprint density at radius 1 is 1.40 bits per heavy atom. The summed E-state index contributed by atoms with van der Waals surface area (Å²) in [6.07, 6.45) is 0. The topological polar surface area (TPSA) is 52.3 Å². The van der Waals surface area contributed by atoms with Gasteiger partial charge < -0.3 is 10.5 Å². The lowest BCUT2D eigenvalue weighted by Crippen LogP contribution is -2.27. The Morgan fingerprint density at radius 2 is 1.93 bits per heavy atom. The maximum atomic E-state index is 12.9. The normalized spacial score (nSPS) is 12.3. The standard InChI is InChI=1S/C10H11F2NO2/c1-5(13)10(14)6-3-7(11)8(12)4-9(6)15-2/h3-5H,13H2,1-2H3. The molecule has 3 nitrogen and oxygen atoms in total. The molecule has 1 rings (SSSR count). The number of carbonyl (C=O) groups is 1. The van der Waals surface area contributed by atoms with Crippen molar-refractivity contribution in [2.75, 3.05) is 7.11 Å². The van der Waals surface area contributed by atoms with E-state index in [1.165, 1.54) is 14.0 Å². The minimum absolute atomic E-state index is 0.0174. The van der Waals surface area contributed by atoms with Gasteiger partial charge in [-0.2, -0.15) is 0 Å². The van der Waals surface area contributed by atoms with Crippen LogP contribution in [-0.2, 0) is 0 Å². The number of rotatable bonds is 3. The van der Waals surface area contributed by atoms with Gasteiger partial charge in [0.2, 0.25) is 0 Å². The summed E-state index contributed by atoms with van der Waals surface area (Å²) in [6, 6.07) is 0.828. The summed E-state index contributed by atoms with van der Waals surface area (Å²) in [5.41, 5.74) is 5.31. The lowest BCUT2D eigenvalue weighted by atomic mass is 10.0. The molecule has 1 aromatic rings. The average molecular weight is 215 g/mol. The van der Waals surface area contributed by atoms with Crippen molar-refractivity contribution in [2.45, 2.75) is 13.0 Å². The van der Waals surface area contributed by atoms with Crippen molar-refractivity contribution in [3.63, 3.8) is 0 Å². The summed E-state index contributed by atoms with van der Waals surface area (Å²) >= 11 is 0. The first-order valence-electron chi connectivity index (χ1n) is 4.30. The summed E-state index contributed by atoms with van der Waals surface area (Å²) in [7, 11) is 1.27. The third-order valence-electron chi connectivity index (χ3n) is 1.92. The maximum absolute atomic E-state index is 12.9. The highest BCUT2D eigenvalue weighted by atomic mass is 19.2. The number of carbonyl (C=O) groups excluding carboxylic acids is 1. The molecule has 0 spiro atoms. The molecular weight excluding hydrogens is 204 g/mol. The Morgan fingerprint density at radius 3 is 2.40 bits per heavy atom.